The molecule has 3 amide bonds. The van der Waals surface area contributed by atoms with E-state index >= 15 is 0 Å². The zero-order valence-corrected chi connectivity index (χ0v) is 17.3. The number of hydrogen-bond acceptors (Lipinski definition) is 7. The number of carbonyl (C=O) groups is 4. The van der Waals surface area contributed by atoms with Crippen LogP contribution in [0.2, 0.25) is 0 Å². The molecule has 0 radical (unpaired) electrons. The number of thioether (sulfide) groups is 1. The number of hydrogen-bond donors (Lipinski definition) is 2. The lowest BCUT2D eigenvalue weighted by molar-refractivity contribution is -0.145. The number of nitrogens with one attached hydrogen (secondary N) is 2. The molecular weight excluding hydrogens is 384 g/mol. The molecule has 0 spiro atoms. The van der Waals surface area contributed by atoms with Crippen molar-refractivity contribution in [2.45, 2.75) is 26.5 Å². The highest BCUT2D eigenvalue weighted by molar-refractivity contribution is 7.99. The number of carbonyl (C=O) groups excluding carboxylic acids is 4. The van der Waals surface area contributed by atoms with E-state index in [-0.39, 0.29) is 17.5 Å². The van der Waals surface area contributed by atoms with Gasteiger partial charge in [-0.3, -0.25) is 19.7 Å². The Morgan fingerprint density at radius 2 is 1.89 bits per heavy atom. The maximum Gasteiger partial charge on any atom is 0.321 e. The van der Waals surface area contributed by atoms with Crippen molar-refractivity contribution < 1.29 is 28.7 Å². The number of imide groups is 1. The summed E-state index contributed by atoms with van der Waals surface area (Å²) >= 11 is 1.26. The molecule has 1 aromatic carbocycles. The van der Waals surface area contributed by atoms with E-state index in [0.29, 0.717) is 23.6 Å². The Morgan fingerprint density at radius 3 is 2.50 bits per heavy atom. The van der Waals surface area contributed by atoms with E-state index in [1.807, 2.05) is 13.8 Å². The van der Waals surface area contributed by atoms with E-state index in [2.05, 4.69) is 10.6 Å². The molecule has 2 N–H and O–H groups in total. The number of rotatable bonds is 10. The second-order valence-electron chi connectivity index (χ2n) is 6.39. The third-order valence-corrected chi connectivity index (χ3v) is 4.41. The topological polar surface area (TPSA) is 111 Å². The van der Waals surface area contributed by atoms with Crippen molar-refractivity contribution in [3.8, 4) is 5.75 Å². The van der Waals surface area contributed by atoms with Crippen molar-refractivity contribution in [3.05, 3.63) is 29.3 Å². The van der Waals surface area contributed by atoms with E-state index in [4.69, 9.17) is 9.47 Å². The van der Waals surface area contributed by atoms with Crippen LogP contribution in [0, 0.1) is 5.92 Å². The van der Waals surface area contributed by atoms with Gasteiger partial charge in [-0.15, -0.1) is 11.8 Å². The summed E-state index contributed by atoms with van der Waals surface area (Å²) in [6.07, 6.45) is 0. The third kappa shape index (κ3) is 8.90. The Morgan fingerprint density at radius 1 is 1.18 bits per heavy atom. The predicted molar refractivity (Wildman–Crippen MR) is 106 cm³/mol. The number of methoxy groups -OCH3 is 1. The minimum Gasteiger partial charge on any atom is -0.496 e. The molecule has 9 heteroatoms. The molecule has 0 aliphatic carbocycles. The fraction of sp³-hybridized carbons (Fsp3) is 0.474. The van der Waals surface area contributed by atoms with Crippen molar-refractivity contribution in [3.63, 3.8) is 0 Å². The van der Waals surface area contributed by atoms with Gasteiger partial charge in [0.15, 0.2) is 12.4 Å². The molecule has 0 aliphatic heterocycles. The quantitative estimate of drug-likeness (QED) is 0.449. The molecule has 1 aromatic rings. The summed E-state index contributed by atoms with van der Waals surface area (Å²) in [4.78, 5) is 46.3. The lowest BCUT2D eigenvalue weighted by Gasteiger charge is -2.10. The van der Waals surface area contributed by atoms with E-state index in [1.165, 1.54) is 25.8 Å². The van der Waals surface area contributed by atoms with Crippen LogP contribution in [0.4, 0.5) is 4.79 Å². The van der Waals surface area contributed by atoms with Gasteiger partial charge in [0.1, 0.15) is 5.75 Å². The van der Waals surface area contributed by atoms with Crippen LogP contribution < -0.4 is 15.4 Å². The molecule has 8 nitrogen and oxygen atoms in total. The molecule has 0 unspecified atom stereocenters. The van der Waals surface area contributed by atoms with Gasteiger partial charge in [-0.05, 0) is 31.0 Å². The highest BCUT2D eigenvalue weighted by atomic mass is 32.2. The molecule has 0 atom stereocenters. The molecular formula is C19H26N2O6S. The van der Waals surface area contributed by atoms with Gasteiger partial charge < -0.3 is 14.8 Å². The average molecular weight is 410 g/mol. The molecule has 0 aliphatic rings. The Hall–Kier alpha value is -2.55. The first-order chi connectivity index (χ1) is 13.2. The van der Waals surface area contributed by atoms with Gasteiger partial charge in [-0.1, -0.05) is 13.8 Å². The summed E-state index contributed by atoms with van der Waals surface area (Å²) in [5, 5.41) is 4.61. The molecule has 28 heavy (non-hydrogen) atoms. The second kappa shape index (κ2) is 12.0. The van der Waals surface area contributed by atoms with Crippen LogP contribution in [0.25, 0.3) is 0 Å². The first-order valence-corrected chi connectivity index (χ1v) is 9.87. The SMILES string of the molecule is COc1ccc(C(C)=O)cc1CSCC(=O)OCC(=O)NC(=O)NCC(C)C. The Labute approximate surface area is 168 Å². The lowest BCUT2D eigenvalue weighted by Crippen LogP contribution is -2.42. The van der Waals surface area contributed by atoms with E-state index < -0.39 is 24.5 Å². The number of ketones is 1. The van der Waals surface area contributed by atoms with Gasteiger partial charge >= 0.3 is 12.0 Å². The van der Waals surface area contributed by atoms with E-state index in [9.17, 15) is 19.2 Å². The largest absolute Gasteiger partial charge is 0.496 e. The van der Waals surface area contributed by atoms with Crippen LogP contribution in [0.15, 0.2) is 18.2 Å². The van der Waals surface area contributed by atoms with E-state index in [0.717, 1.165) is 5.56 Å². The number of benzene rings is 1. The monoisotopic (exact) mass is 410 g/mol. The van der Waals surface area contributed by atoms with Crippen LogP contribution in [0.5, 0.6) is 5.75 Å². The number of ether oxygens (including phenoxy) is 2. The predicted octanol–water partition coefficient (Wildman–Crippen LogP) is 2.16. The van der Waals surface area contributed by atoms with Crippen molar-refractivity contribution in [1.29, 1.82) is 0 Å². The van der Waals surface area contributed by atoms with Crippen LogP contribution in [0.3, 0.4) is 0 Å². The summed E-state index contributed by atoms with van der Waals surface area (Å²) < 4.78 is 10.1. The minimum atomic E-state index is -0.699. The smallest absolute Gasteiger partial charge is 0.321 e. The highest BCUT2D eigenvalue weighted by Gasteiger charge is 2.12. The summed E-state index contributed by atoms with van der Waals surface area (Å²) in [6.45, 7) is 5.23. The average Bonchev–Trinajstić information content (AvgIpc) is 2.64. The Kier molecular flexibility index (Phi) is 10.1. The second-order valence-corrected chi connectivity index (χ2v) is 7.37. The molecule has 1 rings (SSSR count). The normalized spacial score (nSPS) is 10.3. The number of esters is 1. The summed E-state index contributed by atoms with van der Waals surface area (Å²) in [5.41, 5.74) is 1.35. The van der Waals surface area contributed by atoms with Crippen LogP contribution in [-0.2, 0) is 20.1 Å². The van der Waals surface area contributed by atoms with Gasteiger partial charge in [0.25, 0.3) is 5.91 Å². The lowest BCUT2D eigenvalue weighted by atomic mass is 10.1. The maximum atomic E-state index is 11.8. The standard InChI is InChI=1S/C19H26N2O6S/c1-12(2)8-20-19(25)21-17(23)9-27-18(24)11-28-10-15-7-14(13(3)22)5-6-16(15)26-4/h5-7,12H,8-11H2,1-4H3,(H2,20,21,23,25). The molecule has 0 saturated heterocycles. The van der Waals surface area contributed by atoms with Crippen molar-refractivity contribution in [1.82, 2.24) is 10.6 Å². The van der Waals surface area contributed by atoms with Gasteiger partial charge in [0.05, 0.1) is 12.9 Å². The summed E-state index contributed by atoms with van der Waals surface area (Å²) in [7, 11) is 1.53. The number of amides is 3. The molecule has 0 fully saturated rings. The molecule has 154 valence electrons. The fourth-order valence-electron chi connectivity index (χ4n) is 2.05. The van der Waals surface area contributed by atoms with Gasteiger partial charge in [0.2, 0.25) is 0 Å². The molecule has 0 heterocycles. The molecule has 0 bridgehead atoms. The summed E-state index contributed by atoms with van der Waals surface area (Å²) in [6, 6.07) is 4.49. The minimum absolute atomic E-state index is 0.0142. The Balaban J connectivity index is 2.37. The van der Waals surface area contributed by atoms with Gasteiger partial charge in [-0.2, -0.15) is 0 Å². The number of urea groups is 1. The van der Waals surface area contributed by atoms with Crippen molar-refractivity contribution >= 4 is 35.5 Å². The van der Waals surface area contributed by atoms with Crippen molar-refractivity contribution in [2.75, 3.05) is 26.0 Å². The third-order valence-electron chi connectivity index (χ3n) is 3.45. The molecule has 0 aromatic heterocycles. The summed E-state index contributed by atoms with van der Waals surface area (Å²) in [5.74, 6) is -0.0107. The Bertz CT molecular complexity index is 720. The van der Waals surface area contributed by atoms with Gasteiger partial charge in [-0.25, -0.2) is 4.79 Å². The first kappa shape index (κ1) is 23.5. The highest BCUT2D eigenvalue weighted by Crippen LogP contribution is 2.24. The zero-order chi connectivity index (χ0) is 21.1. The zero-order valence-electron chi connectivity index (χ0n) is 16.5. The maximum absolute atomic E-state index is 11.8. The van der Waals surface area contributed by atoms with Crippen LogP contribution >= 0.6 is 11.8 Å². The number of Topliss-reactive ketones (excluding diaryl/α,β-unsaturated/α-hetero) is 1. The van der Waals surface area contributed by atoms with Crippen LogP contribution in [0.1, 0.15) is 36.7 Å². The van der Waals surface area contributed by atoms with Crippen LogP contribution in [-0.4, -0.2) is 49.7 Å². The molecule has 0 saturated carbocycles. The van der Waals surface area contributed by atoms with Gasteiger partial charge in [0, 0.05) is 23.4 Å². The van der Waals surface area contributed by atoms with E-state index in [1.54, 1.807) is 18.2 Å². The fourth-order valence-corrected chi connectivity index (χ4v) is 2.84. The first-order valence-electron chi connectivity index (χ1n) is 8.71. The van der Waals surface area contributed by atoms with Crippen molar-refractivity contribution in [2.24, 2.45) is 5.92 Å².